The Labute approximate surface area is 123 Å². The summed E-state index contributed by atoms with van der Waals surface area (Å²) in [5.41, 5.74) is 4.80. The van der Waals surface area contributed by atoms with Gasteiger partial charge in [0.25, 0.3) is 0 Å². The highest BCUT2D eigenvalue weighted by molar-refractivity contribution is 5.83. The molecule has 1 N–H and O–H groups in total. The maximum Gasteiger partial charge on any atom is 0.137 e. The fourth-order valence-corrected chi connectivity index (χ4v) is 3.61. The Hall–Kier alpha value is -2.29. The molecular weight excluding hydrogens is 262 g/mol. The average molecular weight is 279 g/mol. The number of benzene rings is 2. The molecule has 0 aliphatic carbocycles. The Bertz CT molecular complexity index is 723. The number of Topliss-reactive ketones (excluding diaryl/α,β-unsaturated/α-hetero) is 1. The van der Waals surface area contributed by atoms with E-state index in [4.69, 9.17) is 0 Å². The third kappa shape index (κ3) is 2.00. The van der Waals surface area contributed by atoms with E-state index in [9.17, 15) is 9.90 Å². The van der Waals surface area contributed by atoms with Gasteiger partial charge in [0.2, 0.25) is 0 Å². The monoisotopic (exact) mass is 279 g/mol. The molecule has 1 atom stereocenters. The lowest BCUT2D eigenvalue weighted by molar-refractivity contribution is -0.120. The minimum atomic E-state index is 0.133. The minimum absolute atomic E-state index is 0.133. The molecule has 21 heavy (non-hydrogen) atoms. The number of hydrogen-bond donors (Lipinski definition) is 1. The normalized spacial score (nSPS) is 20.3. The molecule has 3 nitrogen and oxygen atoms in total. The molecule has 2 aliphatic rings. The number of hydrogen-bond acceptors (Lipinski definition) is 3. The first-order chi connectivity index (χ1) is 10.2. The van der Waals surface area contributed by atoms with Crippen LogP contribution in [0, 0.1) is 0 Å². The predicted molar refractivity (Wildman–Crippen MR) is 81.7 cm³/mol. The number of piperidine rings is 1. The second-order valence-electron chi connectivity index (χ2n) is 5.89. The maximum absolute atomic E-state index is 11.9. The Kier molecular flexibility index (Phi) is 2.74. The molecule has 1 fully saturated rings. The van der Waals surface area contributed by atoms with E-state index in [0.717, 1.165) is 24.2 Å². The smallest absolute Gasteiger partial charge is 0.137 e. The highest BCUT2D eigenvalue weighted by Crippen LogP contribution is 2.41. The summed E-state index contributed by atoms with van der Waals surface area (Å²) in [6.07, 6.45) is 2.00. The van der Waals surface area contributed by atoms with Crippen LogP contribution in [0.15, 0.2) is 42.5 Å². The van der Waals surface area contributed by atoms with Crippen LogP contribution in [0.2, 0.25) is 0 Å². The summed E-state index contributed by atoms with van der Waals surface area (Å²) in [4.78, 5) is 14.3. The molecule has 2 aromatic carbocycles. The molecule has 0 bridgehead atoms. The van der Waals surface area contributed by atoms with Gasteiger partial charge >= 0.3 is 0 Å². The lowest BCUT2D eigenvalue weighted by Crippen LogP contribution is -2.37. The maximum atomic E-state index is 11.9. The lowest BCUT2D eigenvalue weighted by atomic mass is 9.91. The van der Waals surface area contributed by atoms with Crippen LogP contribution in [0.1, 0.15) is 35.6 Å². The van der Waals surface area contributed by atoms with E-state index in [-0.39, 0.29) is 6.04 Å². The molecule has 4 rings (SSSR count). The Morgan fingerprint density at radius 1 is 1.10 bits per heavy atom. The standard InChI is InChI=1S/C18H17NO2/c20-14-5-6-17-13(10-14)9-12-3-1-2-4-16(12)18-11-15(21)7-8-19(17)18/h1-6,10,18,20H,7-9,11H2. The molecule has 0 saturated carbocycles. The minimum Gasteiger partial charge on any atom is -0.508 e. The van der Waals surface area contributed by atoms with Gasteiger partial charge in [-0.25, -0.2) is 0 Å². The second kappa shape index (κ2) is 4.62. The molecule has 0 spiro atoms. The van der Waals surface area contributed by atoms with Crippen LogP contribution in [-0.4, -0.2) is 17.4 Å². The van der Waals surface area contributed by atoms with Crippen molar-refractivity contribution in [2.75, 3.05) is 11.4 Å². The highest BCUT2D eigenvalue weighted by atomic mass is 16.3. The Morgan fingerprint density at radius 3 is 2.86 bits per heavy atom. The summed E-state index contributed by atoms with van der Waals surface area (Å²) in [6.45, 7) is 0.760. The number of nitrogens with zero attached hydrogens (tertiary/aromatic N) is 1. The fourth-order valence-electron chi connectivity index (χ4n) is 3.61. The SMILES string of the molecule is O=C1CCN2c3ccc(O)cc3Cc3ccccc3C2C1. The molecule has 3 heteroatoms. The largest absolute Gasteiger partial charge is 0.508 e. The van der Waals surface area contributed by atoms with E-state index in [1.165, 1.54) is 11.1 Å². The first-order valence-corrected chi connectivity index (χ1v) is 7.40. The van der Waals surface area contributed by atoms with Gasteiger partial charge in [0.05, 0.1) is 6.04 Å². The van der Waals surface area contributed by atoms with Gasteiger partial charge in [0.15, 0.2) is 0 Å². The molecule has 106 valence electrons. The van der Waals surface area contributed by atoms with Gasteiger partial charge in [-0.3, -0.25) is 4.79 Å². The first kappa shape index (κ1) is 12.5. The molecule has 0 amide bonds. The summed E-state index contributed by atoms with van der Waals surface area (Å²) in [7, 11) is 0. The highest BCUT2D eigenvalue weighted by Gasteiger charge is 2.33. The number of phenols is 1. The summed E-state index contributed by atoms with van der Waals surface area (Å²) in [6, 6.07) is 14.1. The van der Waals surface area contributed by atoms with Crippen LogP contribution in [-0.2, 0) is 11.2 Å². The second-order valence-corrected chi connectivity index (χ2v) is 5.89. The summed E-state index contributed by atoms with van der Waals surface area (Å²) in [5.74, 6) is 0.644. The molecule has 2 aliphatic heterocycles. The van der Waals surface area contributed by atoms with E-state index >= 15 is 0 Å². The van der Waals surface area contributed by atoms with E-state index in [1.54, 1.807) is 6.07 Å². The van der Waals surface area contributed by atoms with Crippen molar-refractivity contribution in [1.82, 2.24) is 0 Å². The van der Waals surface area contributed by atoms with Crippen molar-refractivity contribution < 1.29 is 9.90 Å². The van der Waals surface area contributed by atoms with Crippen molar-refractivity contribution in [2.45, 2.75) is 25.3 Å². The Morgan fingerprint density at radius 2 is 1.95 bits per heavy atom. The van der Waals surface area contributed by atoms with Crippen molar-refractivity contribution in [2.24, 2.45) is 0 Å². The fraction of sp³-hybridized carbons (Fsp3) is 0.278. The van der Waals surface area contributed by atoms with Crippen LogP contribution < -0.4 is 4.90 Å². The number of rotatable bonds is 0. The number of carbonyl (C=O) groups excluding carboxylic acids is 1. The summed E-state index contributed by atoms with van der Waals surface area (Å²) >= 11 is 0. The van der Waals surface area contributed by atoms with Crippen LogP contribution in [0.3, 0.4) is 0 Å². The van der Waals surface area contributed by atoms with E-state index in [1.807, 2.05) is 24.3 Å². The number of carbonyl (C=O) groups is 1. The molecule has 2 aromatic rings. The summed E-state index contributed by atoms with van der Waals surface area (Å²) in [5, 5.41) is 9.79. The van der Waals surface area contributed by atoms with Gasteiger partial charge in [-0.2, -0.15) is 0 Å². The van der Waals surface area contributed by atoms with Crippen LogP contribution >= 0.6 is 0 Å². The molecule has 2 heterocycles. The van der Waals surface area contributed by atoms with Crippen molar-refractivity contribution in [3.8, 4) is 5.75 Å². The van der Waals surface area contributed by atoms with Crippen molar-refractivity contribution >= 4 is 11.5 Å². The topological polar surface area (TPSA) is 40.5 Å². The number of phenolic OH excluding ortho intramolecular Hbond substituents is 1. The Balaban J connectivity index is 1.92. The van der Waals surface area contributed by atoms with Gasteiger partial charge in [-0.1, -0.05) is 24.3 Å². The molecule has 1 unspecified atom stereocenters. The zero-order chi connectivity index (χ0) is 14.4. The van der Waals surface area contributed by atoms with Crippen molar-refractivity contribution in [1.29, 1.82) is 0 Å². The first-order valence-electron chi connectivity index (χ1n) is 7.40. The zero-order valence-electron chi connectivity index (χ0n) is 11.7. The van der Waals surface area contributed by atoms with E-state index in [2.05, 4.69) is 17.0 Å². The van der Waals surface area contributed by atoms with Gasteiger partial charge in [0, 0.05) is 25.1 Å². The molecule has 0 radical (unpaired) electrons. The van der Waals surface area contributed by atoms with Crippen LogP contribution in [0.4, 0.5) is 5.69 Å². The van der Waals surface area contributed by atoms with Crippen LogP contribution in [0.25, 0.3) is 0 Å². The lowest BCUT2D eigenvalue weighted by Gasteiger charge is -2.37. The third-order valence-corrected chi connectivity index (χ3v) is 4.60. The van der Waals surface area contributed by atoms with Crippen molar-refractivity contribution in [3.63, 3.8) is 0 Å². The quantitative estimate of drug-likeness (QED) is 0.805. The number of ketones is 1. The van der Waals surface area contributed by atoms with Crippen LogP contribution in [0.5, 0.6) is 5.75 Å². The number of anilines is 1. The van der Waals surface area contributed by atoms with Gasteiger partial charge < -0.3 is 10.0 Å². The summed E-state index contributed by atoms with van der Waals surface area (Å²) < 4.78 is 0. The van der Waals surface area contributed by atoms with Crippen molar-refractivity contribution in [3.05, 3.63) is 59.2 Å². The number of aromatic hydroxyl groups is 1. The van der Waals surface area contributed by atoms with Gasteiger partial charge in [0.1, 0.15) is 11.5 Å². The van der Waals surface area contributed by atoms with Gasteiger partial charge in [-0.15, -0.1) is 0 Å². The average Bonchev–Trinajstić information content (AvgIpc) is 2.61. The predicted octanol–water partition coefficient (Wildman–Crippen LogP) is 3.21. The molecule has 1 saturated heterocycles. The molecular formula is C18H17NO2. The van der Waals surface area contributed by atoms with E-state index in [0.29, 0.717) is 24.4 Å². The van der Waals surface area contributed by atoms with Gasteiger partial charge in [-0.05, 0) is 41.3 Å². The zero-order valence-corrected chi connectivity index (χ0v) is 11.7. The van der Waals surface area contributed by atoms with E-state index < -0.39 is 0 Å². The number of fused-ring (bicyclic) bond motifs is 5. The molecule has 0 aromatic heterocycles. The third-order valence-electron chi connectivity index (χ3n) is 4.60.